The van der Waals surface area contributed by atoms with E-state index >= 15 is 0 Å². The molecule has 3 aromatic rings. The van der Waals surface area contributed by atoms with E-state index < -0.39 is 23.9 Å². The minimum Gasteiger partial charge on any atom is -0.493 e. The number of aliphatic carboxylic acids is 1. The highest BCUT2D eigenvalue weighted by atomic mass is 19.4. The van der Waals surface area contributed by atoms with Crippen molar-refractivity contribution in [2.75, 3.05) is 20.8 Å². The highest BCUT2D eigenvalue weighted by Crippen LogP contribution is 2.43. The van der Waals surface area contributed by atoms with E-state index in [1.807, 2.05) is 23.1 Å². The third kappa shape index (κ3) is 5.31. The van der Waals surface area contributed by atoms with Gasteiger partial charge in [0.1, 0.15) is 11.7 Å². The molecule has 190 valence electrons. The third-order valence-electron chi connectivity index (χ3n) is 6.55. The van der Waals surface area contributed by atoms with E-state index in [1.165, 1.54) is 19.4 Å². The van der Waals surface area contributed by atoms with E-state index in [-0.39, 0.29) is 6.04 Å². The predicted molar refractivity (Wildman–Crippen MR) is 127 cm³/mol. The maximum absolute atomic E-state index is 12.9. The maximum atomic E-state index is 12.9. The van der Waals surface area contributed by atoms with Crippen molar-refractivity contribution in [3.8, 4) is 11.5 Å². The number of aryl methyl sites for hydroxylation is 1. The van der Waals surface area contributed by atoms with Crippen molar-refractivity contribution in [2.24, 2.45) is 0 Å². The van der Waals surface area contributed by atoms with Gasteiger partial charge in [0.15, 0.2) is 11.5 Å². The number of hydrogen-bond acceptors (Lipinski definition) is 5. The van der Waals surface area contributed by atoms with Gasteiger partial charge in [-0.05, 0) is 59.7 Å². The Morgan fingerprint density at radius 1 is 1.11 bits per heavy atom. The fourth-order valence-electron chi connectivity index (χ4n) is 4.83. The van der Waals surface area contributed by atoms with Gasteiger partial charge in [-0.2, -0.15) is 13.2 Å². The minimum atomic E-state index is -4.50. The summed E-state index contributed by atoms with van der Waals surface area (Å²) in [6, 6.07) is 14.0. The fourth-order valence-corrected chi connectivity index (χ4v) is 4.83. The Hall–Kier alpha value is -3.59. The van der Waals surface area contributed by atoms with Crippen LogP contribution >= 0.6 is 0 Å². The van der Waals surface area contributed by atoms with E-state index in [0.717, 1.165) is 17.2 Å². The van der Waals surface area contributed by atoms with E-state index in [1.54, 1.807) is 31.4 Å². The number of rotatable bonds is 8. The summed E-state index contributed by atoms with van der Waals surface area (Å²) in [5.41, 5.74) is 2.30. The van der Waals surface area contributed by atoms with Crippen LogP contribution < -0.4 is 9.47 Å². The molecule has 0 bridgehead atoms. The monoisotopic (exact) mass is 500 g/mol. The van der Waals surface area contributed by atoms with Crippen LogP contribution in [-0.4, -0.2) is 41.7 Å². The number of hydrogen-bond donors (Lipinski definition) is 1. The summed E-state index contributed by atoms with van der Waals surface area (Å²) in [6.07, 6.45) is -1.76. The Labute approximate surface area is 207 Å². The Bertz CT molecular complexity index is 1200. The zero-order valence-electron chi connectivity index (χ0n) is 20.0. The molecule has 0 fully saturated rings. The van der Waals surface area contributed by atoms with Gasteiger partial charge in [-0.15, -0.1) is 0 Å². The van der Waals surface area contributed by atoms with Crippen molar-refractivity contribution >= 4 is 5.97 Å². The number of fused-ring (bicyclic) bond motifs is 1. The number of pyridine rings is 1. The molecule has 0 spiro atoms. The number of carboxylic acid groups (broad SMARTS) is 1. The molecule has 0 saturated heterocycles. The molecule has 2 atom stereocenters. The number of benzene rings is 2. The normalized spacial score (nSPS) is 16.8. The van der Waals surface area contributed by atoms with Gasteiger partial charge < -0.3 is 14.6 Å². The molecule has 36 heavy (non-hydrogen) atoms. The van der Waals surface area contributed by atoms with Gasteiger partial charge in [0.05, 0.1) is 14.2 Å². The first kappa shape index (κ1) is 25.5. The van der Waals surface area contributed by atoms with Gasteiger partial charge in [0.2, 0.25) is 0 Å². The summed E-state index contributed by atoms with van der Waals surface area (Å²) in [6.45, 7) is 0.490. The van der Waals surface area contributed by atoms with Crippen molar-refractivity contribution in [3.05, 3.63) is 88.7 Å². The Kier molecular flexibility index (Phi) is 7.49. The number of aromatic nitrogens is 1. The van der Waals surface area contributed by atoms with Crippen LogP contribution in [-0.2, 0) is 23.8 Å². The molecule has 1 aliphatic rings. The Morgan fingerprint density at radius 3 is 2.39 bits per heavy atom. The lowest BCUT2D eigenvalue weighted by molar-refractivity contribution is -0.145. The van der Waals surface area contributed by atoms with Crippen LogP contribution in [0.3, 0.4) is 0 Å². The molecule has 2 aromatic carbocycles. The summed E-state index contributed by atoms with van der Waals surface area (Å²) in [4.78, 5) is 18.0. The first-order chi connectivity index (χ1) is 17.2. The SMILES string of the molecule is COc1cc2c(cc1OC)C(CCc1ccc(C(F)(F)F)nc1)N(C(C(=O)O)c1ccccc1)CC2. The fraction of sp³-hybridized carbons (Fsp3) is 0.333. The molecule has 1 N–H and O–H groups in total. The van der Waals surface area contributed by atoms with Crippen LogP contribution in [0.25, 0.3) is 0 Å². The highest BCUT2D eigenvalue weighted by Gasteiger charge is 2.37. The topological polar surface area (TPSA) is 71.9 Å². The number of nitrogens with zero attached hydrogens (tertiary/aromatic N) is 2. The lowest BCUT2D eigenvalue weighted by Gasteiger charge is -2.41. The van der Waals surface area contributed by atoms with Gasteiger partial charge in [-0.25, -0.2) is 0 Å². The van der Waals surface area contributed by atoms with E-state index in [4.69, 9.17) is 9.47 Å². The molecule has 1 aromatic heterocycles. The quantitative estimate of drug-likeness (QED) is 0.442. The van der Waals surface area contributed by atoms with Gasteiger partial charge in [0.25, 0.3) is 0 Å². The van der Waals surface area contributed by atoms with Crippen molar-refractivity contribution in [2.45, 2.75) is 37.5 Å². The number of carbonyl (C=O) groups is 1. The number of ether oxygens (including phenoxy) is 2. The second kappa shape index (κ2) is 10.6. The second-order valence-corrected chi connectivity index (χ2v) is 8.65. The lowest BCUT2D eigenvalue weighted by atomic mass is 9.86. The predicted octanol–water partition coefficient (Wildman–Crippen LogP) is 5.48. The number of carboxylic acids is 1. The summed E-state index contributed by atoms with van der Waals surface area (Å²) >= 11 is 0. The summed E-state index contributed by atoms with van der Waals surface area (Å²) in [5, 5.41) is 10.2. The summed E-state index contributed by atoms with van der Waals surface area (Å²) in [5.74, 6) is 0.158. The molecular formula is C27H27F3N2O4. The zero-order chi connectivity index (χ0) is 25.9. The van der Waals surface area contributed by atoms with E-state index in [0.29, 0.717) is 48.4 Å². The maximum Gasteiger partial charge on any atom is 0.433 e. The molecule has 4 rings (SSSR count). The van der Waals surface area contributed by atoms with Crippen LogP contribution in [0.1, 0.15) is 46.5 Å². The second-order valence-electron chi connectivity index (χ2n) is 8.65. The standard InChI is InChI=1S/C27H27F3N2O4/c1-35-22-14-19-12-13-32(25(26(33)34)18-6-4-3-5-7-18)21(20(19)15-23(22)36-2)10-8-17-9-11-24(31-16-17)27(28,29)30/h3-7,9,11,14-16,21,25H,8,10,12-13H2,1-2H3,(H,33,34). The average molecular weight is 501 g/mol. The van der Waals surface area contributed by atoms with Gasteiger partial charge in [-0.1, -0.05) is 36.4 Å². The summed E-state index contributed by atoms with van der Waals surface area (Å²) < 4.78 is 49.7. The molecule has 2 heterocycles. The molecule has 2 unspecified atom stereocenters. The van der Waals surface area contributed by atoms with Crippen molar-refractivity contribution in [1.29, 1.82) is 0 Å². The molecule has 0 aliphatic carbocycles. The first-order valence-electron chi connectivity index (χ1n) is 11.5. The van der Waals surface area contributed by atoms with Crippen LogP contribution in [0.5, 0.6) is 11.5 Å². The van der Waals surface area contributed by atoms with Gasteiger partial charge in [-0.3, -0.25) is 14.7 Å². The van der Waals surface area contributed by atoms with Crippen LogP contribution in [0.15, 0.2) is 60.8 Å². The third-order valence-corrected chi connectivity index (χ3v) is 6.55. The highest BCUT2D eigenvalue weighted by molar-refractivity contribution is 5.75. The van der Waals surface area contributed by atoms with Crippen molar-refractivity contribution < 1.29 is 32.5 Å². The zero-order valence-corrected chi connectivity index (χ0v) is 20.0. The van der Waals surface area contributed by atoms with Gasteiger partial charge in [0, 0.05) is 18.8 Å². The number of alkyl halides is 3. The Balaban J connectivity index is 1.71. The average Bonchev–Trinajstić information content (AvgIpc) is 2.87. The molecule has 0 radical (unpaired) electrons. The molecule has 9 heteroatoms. The van der Waals surface area contributed by atoms with Crippen molar-refractivity contribution in [1.82, 2.24) is 9.88 Å². The molecule has 6 nitrogen and oxygen atoms in total. The van der Waals surface area contributed by atoms with Crippen molar-refractivity contribution in [3.63, 3.8) is 0 Å². The van der Waals surface area contributed by atoms with Gasteiger partial charge >= 0.3 is 12.1 Å². The number of methoxy groups -OCH3 is 2. The molecule has 0 amide bonds. The van der Waals surface area contributed by atoms with Crippen LogP contribution in [0.2, 0.25) is 0 Å². The largest absolute Gasteiger partial charge is 0.493 e. The van der Waals surface area contributed by atoms with Crippen LogP contribution in [0, 0.1) is 0 Å². The Morgan fingerprint density at radius 2 is 1.81 bits per heavy atom. The number of halogens is 3. The summed E-state index contributed by atoms with van der Waals surface area (Å²) in [7, 11) is 3.10. The molecular weight excluding hydrogens is 473 g/mol. The van der Waals surface area contributed by atoms with E-state index in [2.05, 4.69) is 4.98 Å². The minimum absolute atomic E-state index is 0.322. The lowest BCUT2D eigenvalue weighted by Crippen LogP contribution is -2.41. The molecule has 1 aliphatic heterocycles. The molecule has 0 saturated carbocycles. The van der Waals surface area contributed by atoms with Crippen LogP contribution in [0.4, 0.5) is 13.2 Å². The van der Waals surface area contributed by atoms with E-state index in [9.17, 15) is 23.1 Å². The first-order valence-corrected chi connectivity index (χ1v) is 11.5. The smallest absolute Gasteiger partial charge is 0.433 e.